The Morgan fingerprint density at radius 1 is 1.35 bits per heavy atom. The summed E-state index contributed by atoms with van der Waals surface area (Å²) < 4.78 is 5.04. The molecule has 0 amide bonds. The standard InChI is InChI=1S/C13H16O6S/c1-7(14)20-6-10(15)12(16)9-5-8(13(17)18)3-4-11(9)19-2/h3-5,10,12,15-16H,6H2,1-2H3,(H,17,18). The van der Waals surface area contributed by atoms with Crippen LogP contribution in [0.3, 0.4) is 0 Å². The maximum Gasteiger partial charge on any atom is 0.335 e. The fourth-order valence-electron chi connectivity index (χ4n) is 1.60. The summed E-state index contributed by atoms with van der Waals surface area (Å²) in [7, 11) is 1.38. The van der Waals surface area contributed by atoms with Crippen LogP contribution in [0.25, 0.3) is 0 Å². The molecule has 7 heteroatoms. The zero-order valence-corrected chi connectivity index (χ0v) is 11.9. The molecular weight excluding hydrogens is 284 g/mol. The highest BCUT2D eigenvalue weighted by Gasteiger charge is 2.23. The molecule has 20 heavy (non-hydrogen) atoms. The van der Waals surface area contributed by atoms with Crippen molar-refractivity contribution in [1.82, 2.24) is 0 Å². The monoisotopic (exact) mass is 300 g/mol. The highest BCUT2D eigenvalue weighted by atomic mass is 32.2. The largest absolute Gasteiger partial charge is 0.496 e. The topological polar surface area (TPSA) is 104 Å². The first kappa shape index (κ1) is 16.5. The van der Waals surface area contributed by atoms with E-state index in [2.05, 4.69) is 0 Å². The second kappa shape index (κ2) is 7.28. The summed E-state index contributed by atoms with van der Waals surface area (Å²) in [6, 6.07) is 3.99. The van der Waals surface area contributed by atoms with E-state index >= 15 is 0 Å². The van der Waals surface area contributed by atoms with Crippen molar-refractivity contribution in [3.05, 3.63) is 29.3 Å². The van der Waals surface area contributed by atoms with Gasteiger partial charge in [0.1, 0.15) is 11.9 Å². The molecule has 110 valence electrons. The van der Waals surface area contributed by atoms with Crippen molar-refractivity contribution in [3.63, 3.8) is 0 Å². The lowest BCUT2D eigenvalue weighted by Crippen LogP contribution is -2.22. The molecule has 1 aromatic carbocycles. The zero-order valence-electron chi connectivity index (χ0n) is 11.1. The number of thioether (sulfide) groups is 1. The Bertz CT molecular complexity index is 502. The fraction of sp³-hybridized carbons (Fsp3) is 0.385. The molecule has 0 radical (unpaired) electrons. The third kappa shape index (κ3) is 4.22. The van der Waals surface area contributed by atoms with Crippen molar-refractivity contribution in [2.24, 2.45) is 0 Å². The van der Waals surface area contributed by atoms with Crippen LogP contribution in [-0.4, -0.2) is 45.4 Å². The molecule has 0 saturated carbocycles. The minimum atomic E-state index is -1.34. The average molecular weight is 300 g/mol. The number of carboxylic acids is 1. The molecule has 0 aromatic heterocycles. The average Bonchev–Trinajstić information content (AvgIpc) is 2.42. The second-order valence-corrected chi connectivity index (χ2v) is 5.27. The molecule has 1 aromatic rings. The number of aliphatic hydroxyl groups excluding tert-OH is 2. The lowest BCUT2D eigenvalue weighted by Gasteiger charge is -2.20. The molecule has 2 unspecified atom stereocenters. The van der Waals surface area contributed by atoms with Crippen LogP contribution in [0.4, 0.5) is 0 Å². The molecular formula is C13H16O6S. The van der Waals surface area contributed by atoms with Crippen LogP contribution < -0.4 is 4.74 Å². The van der Waals surface area contributed by atoms with E-state index in [0.29, 0.717) is 0 Å². The number of carbonyl (C=O) groups is 2. The number of hydrogen-bond donors (Lipinski definition) is 3. The lowest BCUT2D eigenvalue weighted by molar-refractivity contribution is -0.109. The quantitative estimate of drug-likeness (QED) is 0.721. The van der Waals surface area contributed by atoms with E-state index in [-0.39, 0.29) is 27.7 Å². The van der Waals surface area contributed by atoms with Gasteiger partial charge in [-0.15, -0.1) is 0 Å². The zero-order chi connectivity index (χ0) is 15.3. The van der Waals surface area contributed by atoms with E-state index in [4.69, 9.17) is 9.84 Å². The number of aliphatic hydroxyl groups is 2. The van der Waals surface area contributed by atoms with Crippen LogP contribution in [0.1, 0.15) is 28.9 Å². The maximum absolute atomic E-state index is 10.9. The van der Waals surface area contributed by atoms with Crippen LogP contribution in [0.2, 0.25) is 0 Å². The van der Waals surface area contributed by atoms with Crippen molar-refractivity contribution in [1.29, 1.82) is 0 Å². The Morgan fingerprint density at radius 3 is 2.50 bits per heavy atom. The summed E-state index contributed by atoms with van der Waals surface area (Å²) in [5.74, 6) is -0.861. The predicted molar refractivity (Wildman–Crippen MR) is 74.1 cm³/mol. The molecule has 0 saturated heterocycles. The first-order valence-corrected chi connectivity index (χ1v) is 6.76. The SMILES string of the molecule is COc1ccc(C(=O)O)cc1C(O)C(O)CSC(C)=O. The molecule has 0 heterocycles. The molecule has 1 rings (SSSR count). The third-order valence-electron chi connectivity index (χ3n) is 2.62. The van der Waals surface area contributed by atoms with Crippen LogP contribution in [0, 0.1) is 0 Å². The summed E-state index contributed by atoms with van der Waals surface area (Å²) in [6.07, 6.45) is -2.54. The van der Waals surface area contributed by atoms with Gasteiger partial charge in [-0.25, -0.2) is 4.79 Å². The first-order chi connectivity index (χ1) is 9.36. The van der Waals surface area contributed by atoms with Crippen LogP contribution in [0.5, 0.6) is 5.75 Å². The van der Waals surface area contributed by atoms with Crippen molar-refractivity contribution >= 4 is 22.8 Å². The van der Waals surface area contributed by atoms with Gasteiger partial charge >= 0.3 is 5.97 Å². The van der Waals surface area contributed by atoms with Gasteiger partial charge in [0.2, 0.25) is 0 Å². The summed E-state index contributed by atoms with van der Waals surface area (Å²) in [5, 5.41) is 28.7. The number of hydrogen-bond acceptors (Lipinski definition) is 6. The first-order valence-electron chi connectivity index (χ1n) is 5.77. The highest BCUT2D eigenvalue weighted by Crippen LogP contribution is 2.29. The van der Waals surface area contributed by atoms with Gasteiger partial charge < -0.3 is 20.1 Å². The van der Waals surface area contributed by atoms with Crippen molar-refractivity contribution in [2.45, 2.75) is 19.1 Å². The minimum Gasteiger partial charge on any atom is -0.496 e. The predicted octanol–water partition coefficient (Wildman–Crippen LogP) is 1.07. The van der Waals surface area contributed by atoms with E-state index in [9.17, 15) is 19.8 Å². The number of carbonyl (C=O) groups excluding carboxylic acids is 1. The van der Waals surface area contributed by atoms with Crippen molar-refractivity contribution in [2.75, 3.05) is 12.9 Å². The number of carboxylic acid groups (broad SMARTS) is 1. The molecule has 0 aliphatic carbocycles. The van der Waals surface area contributed by atoms with Gasteiger partial charge in [-0.2, -0.15) is 0 Å². The van der Waals surface area contributed by atoms with Gasteiger partial charge in [0.15, 0.2) is 5.12 Å². The highest BCUT2D eigenvalue weighted by molar-refractivity contribution is 8.13. The van der Waals surface area contributed by atoms with Crippen LogP contribution in [0.15, 0.2) is 18.2 Å². The normalized spacial score (nSPS) is 13.6. The van der Waals surface area contributed by atoms with Gasteiger partial charge in [-0.05, 0) is 18.2 Å². The van der Waals surface area contributed by atoms with Crippen molar-refractivity contribution in [3.8, 4) is 5.75 Å². The van der Waals surface area contributed by atoms with Crippen LogP contribution >= 0.6 is 11.8 Å². The van der Waals surface area contributed by atoms with Gasteiger partial charge in [0.25, 0.3) is 0 Å². The van der Waals surface area contributed by atoms with E-state index in [1.54, 1.807) is 0 Å². The Morgan fingerprint density at radius 2 is 2.00 bits per heavy atom. The number of benzene rings is 1. The molecule has 0 spiro atoms. The molecule has 0 bridgehead atoms. The smallest absolute Gasteiger partial charge is 0.335 e. The van der Waals surface area contributed by atoms with Gasteiger partial charge in [0, 0.05) is 18.2 Å². The summed E-state index contributed by atoms with van der Waals surface area (Å²) >= 11 is 0.880. The number of methoxy groups -OCH3 is 1. The van der Waals surface area contributed by atoms with E-state index in [1.807, 2.05) is 0 Å². The van der Waals surface area contributed by atoms with Gasteiger partial charge in [-0.3, -0.25) is 4.79 Å². The lowest BCUT2D eigenvalue weighted by atomic mass is 10.0. The third-order valence-corrected chi connectivity index (χ3v) is 3.53. The Hall–Kier alpha value is -1.57. The maximum atomic E-state index is 10.9. The number of rotatable bonds is 6. The second-order valence-electron chi connectivity index (χ2n) is 4.08. The molecule has 0 aliphatic rings. The van der Waals surface area contributed by atoms with Gasteiger partial charge in [0.05, 0.1) is 18.8 Å². The molecule has 3 N–H and O–H groups in total. The number of ether oxygens (including phenoxy) is 1. The molecule has 2 atom stereocenters. The van der Waals surface area contributed by atoms with E-state index in [0.717, 1.165) is 11.8 Å². The molecule has 6 nitrogen and oxygen atoms in total. The number of aromatic carboxylic acids is 1. The summed E-state index contributed by atoms with van der Waals surface area (Å²) in [5.41, 5.74) is 0.148. The van der Waals surface area contributed by atoms with E-state index in [1.165, 1.54) is 32.2 Å². The summed E-state index contributed by atoms with van der Waals surface area (Å²) in [4.78, 5) is 21.8. The Balaban J connectivity index is 2.99. The van der Waals surface area contributed by atoms with Crippen LogP contribution in [-0.2, 0) is 4.79 Å². The summed E-state index contributed by atoms with van der Waals surface area (Å²) in [6.45, 7) is 1.36. The minimum absolute atomic E-state index is 0.0109. The van der Waals surface area contributed by atoms with Gasteiger partial charge in [-0.1, -0.05) is 11.8 Å². The molecule has 0 aliphatic heterocycles. The molecule has 0 fully saturated rings. The van der Waals surface area contributed by atoms with E-state index < -0.39 is 18.2 Å². The fourth-order valence-corrected chi connectivity index (χ4v) is 2.19. The Kier molecular flexibility index (Phi) is 6.00. The Labute approximate surface area is 120 Å². The van der Waals surface area contributed by atoms with Crippen molar-refractivity contribution < 1.29 is 29.6 Å².